The Morgan fingerprint density at radius 2 is 0.600 bits per heavy atom. The molecule has 0 amide bonds. The fraction of sp³-hybridized carbons (Fsp3) is 0.324. The van der Waals surface area contributed by atoms with E-state index in [-0.39, 0.29) is 0 Å². The summed E-state index contributed by atoms with van der Waals surface area (Å²) in [6, 6.07) is 43.0. The third-order valence-electron chi connectivity index (χ3n) is 7.54. The second kappa shape index (κ2) is 17.0. The highest BCUT2D eigenvalue weighted by molar-refractivity contribution is 5.77. The second-order valence-electron chi connectivity index (χ2n) is 10.7. The van der Waals surface area contributed by atoms with E-state index in [1.807, 2.05) is 0 Å². The quantitative estimate of drug-likeness (QED) is 0.117. The molecule has 1 N–H and O–H groups in total. The van der Waals surface area contributed by atoms with Crippen LogP contribution in [-0.2, 0) is 25.7 Å². The van der Waals surface area contributed by atoms with Gasteiger partial charge in [-0.3, -0.25) is 5.41 Å². The Balaban J connectivity index is 1.39. The Morgan fingerprint density at radius 3 is 0.825 bits per heavy atom. The molecule has 3 heteroatoms. The topological polar surface area (TPSA) is 30.3 Å². The Kier molecular flexibility index (Phi) is 12.4. The van der Waals surface area contributed by atoms with E-state index in [0.29, 0.717) is 5.96 Å². The van der Waals surface area contributed by atoms with Gasteiger partial charge in [0.2, 0.25) is 0 Å². The third-order valence-corrected chi connectivity index (χ3v) is 7.54. The van der Waals surface area contributed by atoms with Crippen LogP contribution < -0.4 is 0 Å². The van der Waals surface area contributed by atoms with Crippen molar-refractivity contribution in [2.75, 3.05) is 26.2 Å². The molecule has 4 aromatic carbocycles. The van der Waals surface area contributed by atoms with E-state index >= 15 is 0 Å². The van der Waals surface area contributed by atoms with Gasteiger partial charge < -0.3 is 9.80 Å². The first-order valence-corrected chi connectivity index (χ1v) is 15.0. The average Bonchev–Trinajstić information content (AvgIpc) is 3.01. The van der Waals surface area contributed by atoms with Crippen LogP contribution in [0.25, 0.3) is 0 Å². The predicted molar refractivity (Wildman–Crippen MR) is 170 cm³/mol. The molecule has 0 radical (unpaired) electrons. The van der Waals surface area contributed by atoms with E-state index in [9.17, 15) is 5.41 Å². The van der Waals surface area contributed by atoms with Gasteiger partial charge in [-0.25, -0.2) is 0 Å². The normalized spacial score (nSPS) is 10.8. The van der Waals surface area contributed by atoms with E-state index in [0.717, 1.165) is 77.5 Å². The van der Waals surface area contributed by atoms with Crippen molar-refractivity contribution >= 4 is 5.96 Å². The van der Waals surface area contributed by atoms with Gasteiger partial charge in [-0.1, -0.05) is 121 Å². The minimum absolute atomic E-state index is 0.697. The molecule has 0 aliphatic carbocycles. The lowest BCUT2D eigenvalue weighted by Crippen LogP contribution is -2.46. The monoisotopic (exact) mass is 531 g/mol. The number of aryl methyl sites for hydroxylation is 4. The summed E-state index contributed by atoms with van der Waals surface area (Å²) in [6.07, 6.45) is 8.41. The summed E-state index contributed by atoms with van der Waals surface area (Å²) in [5.41, 5.74) is 5.50. The highest BCUT2D eigenvalue weighted by Gasteiger charge is 2.17. The summed E-state index contributed by atoms with van der Waals surface area (Å²) in [5.74, 6) is 0.697. The standard InChI is InChI=1S/C37H45N3/c38-37(39(29-13-25-33-17-5-1-6-18-33)30-14-26-34-19-7-2-8-20-34)40(31-15-27-35-21-9-3-10-22-35)32-16-28-36-23-11-4-12-24-36/h1-12,17-24,38H,13-16,25-32H2. The molecule has 0 fully saturated rings. The predicted octanol–water partition coefficient (Wildman–Crippen LogP) is 8.06. The van der Waals surface area contributed by atoms with Gasteiger partial charge in [-0.05, 0) is 73.6 Å². The zero-order valence-corrected chi connectivity index (χ0v) is 23.9. The molecule has 0 aliphatic heterocycles. The molecule has 4 aromatic rings. The summed E-state index contributed by atoms with van der Waals surface area (Å²) in [4.78, 5) is 4.69. The van der Waals surface area contributed by atoms with Crippen LogP contribution in [0.1, 0.15) is 47.9 Å². The molecule has 0 aliphatic rings. The average molecular weight is 532 g/mol. The first kappa shape index (κ1) is 29.1. The van der Waals surface area contributed by atoms with Crippen molar-refractivity contribution in [1.29, 1.82) is 5.41 Å². The van der Waals surface area contributed by atoms with Gasteiger partial charge >= 0.3 is 0 Å². The number of hydrogen-bond acceptors (Lipinski definition) is 1. The van der Waals surface area contributed by atoms with E-state index in [2.05, 4.69) is 131 Å². The Labute approximate surface area is 242 Å². The molecule has 0 unspecified atom stereocenters. The van der Waals surface area contributed by atoms with Crippen LogP contribution in [0.3, 0.4) is 0 Å². The first-order valence-electron chi connectivity index (χ1n) is 15.0. The molecule has 0 atom stereocenters. The largest absolute Gasteiger partial charge is 0.343 e. The number of rotatable bonds is 16. The first-order chi connectivity index (χ1) is 19.8. The summed E-state index contributed by atoms with van der Waals surface area (Å²) < 4.78 is 0. The van der Waals surface area contributed by atoms with Crippen LogP contribution in [0.15, 0.2) is 121 Å². The van der Waals surface area contributed by atoms with Crippen molar-refractivity contribution in [3.8, 4) is 0 Å². The number of benzene rings is 4. The number of hydrogen-bond donors (Lipinski definition) is 1. The highest BCUT2D eigenvalue weighted by atomic mass is 15.4. The molecule has 0 saturated heterocycles. The van der Waals surface area contributed by atoms with Crippen molar-refractivity contribution in [2.24, 2.45) is 0 Å². The lowest BCUT2D eigenvalue weighted by molar-refractivity contribution is 0.300. The fourth-order valence-corrected chi connectivity index (χ4v) is 5.32. The number of nitrogens with zero attached hydrogens (tertiary/aromatic N) is 2. The summed E-state index contributed by atoms with van der Waals surface area (Å²) in [7, 11) is 0. The van der Waals surface area contributed by atoms with Crippen molar-refractivity contribution in [2.45, 2.75) is 51.4 Å². The van der Waals surface area contributed by atoms with Gasteiger partial charge in [0.05, 0.1) is 0 Å². The zero-order valence-electron chi connectivity index (χ0n) is 23.9. The molecule has 0 aromatic heterocycles. The zero-order chi connectivity index (χ0) is 27.7. The summed E-state index contributed by atoms with van der Waals surface area (Å²) in [6.45, 7) is 3.65. The van der Waals surface area contributed by atoms with Crippen LogP contribution in [0, 0.1) is 5.41 Å². The van der Waals surface area contributed by atoms with E-state index in [1.54, 1.807) is 0 Å². The van der Waals surface area contributed by atoms with Crippen LogP contribution in [0.2, 0.25) is 0 Å². The van der Waals surface area contributed by atoms with Gasteiger partial charge in [0, 0.05) is 26.2 Å². The van der Waals surface area contributed by atoms with Gasteiger partial charge in [0.15, 0.2) is 5.96 Å². The van der Waals surface area contributed by atoms with Gasteiger partial charge in [0.25, 0.3) is 0 Å². The molecule has 4 rings (SSSR count). The minimum Gasteiger partial charge on any atom is -0.343 e. The van der Waals surface area contributed by atoms with Crippen molar-refractivity contribution in [3.63, 3.8) is 0 Å². The summed E-state index contributed by atoms with van der Waals surface area (Å²) >= 11 is 0. The van der Waals surface area contributed by atoms with Crippen LogP contribution >= 0.6 is 0 Å². The molecule has 0 saturated carbocycles. The smallest absolute Gasteiger partial charge is 0.193 e. The number of guanidine groups is 1. The Bertz CT molecular complexity index is 1020. The molecule has 0 bridgehead atoms. The lowest BCUT2D eigenvalue weighted by Gasteiger charge is -2.34. The Hall–Kier alpha value is -3.85. The van der Waals surface area contributed by atoms with E-state index < -0.39 is 0 Å². The van der Waals surface area contributed by atoms with Crippen LogP contribution in [-0.4, -0.2) is 41.9 Å². The van der Waals surface area contributed by atoms with Crippen LogP contribution in [0.5, 0.6) is 0 Å². The van der Waals surface area contributed by atoms with Crippen molar-refractivity contribution < 1.29 is 0 Å². The molecular weight excluding hydrogens is 486 g/mol. The Morgan fingerprint density at radius 1 is 0.375 bits per heavy atom. The molecule has 208 valence electrons. The maximum absolute atomic E-state index is 9.39. The van der Waals surface area contributed by atoms with Gasteiger partial charge in [-0.2, -0.15) is 0 Å². The van der Waals surface area contributed by atoms with E-state index in [1.165, 1.54) is 22.3 Å². The maximum Gasteiger partial charge on any atom is 0.193 e. The fourth-order valence-electron chi connectivity index (χ4n) is 5.32. The van der Waals surface area contributed by atoms with Crippen molar-refractivity contribution in [1.82, 2.24) is 9.80 Å². The van der Waals surface area contributed by atoms with Gasteiger partial charge in [-0.15, -0.1) is 0 Å². The highest BCUT2D eigenvalue weighted by Crippen LogP contribution is 2.12. The molecule has 40 heavy (non-hydrogen) atoms. The maximum atomic E-state index is 9.39. The second-order valence-corrected chi connectivity index (χ2v) is 10.7. The molecule has 0 spiro atoms. The summed E-state index contributed by atoms with van der Waals surface area (Å²) in [5, 5.41) is 9.39. The molecular formula is C37H45N3. The SMILES string of the molecule is N=C(N(CCCc1ccccc1)CCCc1ccccc1)N(CCCc1ccccc1)CCCc1ccccc1. The number of nitrogens with one attached hydrogen (secondary N) is 1. The lowest BCUT2D eigenvalue weighted by atomic mass is 10.1. The molecule has 0 heterocycles. The van der Waals surface area contributed by atoms with Crippen LogP contribution in [0.4, 0.5) is 0 Å². The van der Waals surface area contributed by atoms with Crippen molar-refractivity contribution in [3.05, 3.63) is 144 Å². The molecule has 3 nitrogen and oxygen atoms in total. The van der Waals surface area contributed by atoms with E-state index in [4.69, 9.17) is 0 Å². The third kappa shape index (κ3) is 10.4. The van der Waals surface area contributed by atoms with Gasteiger partial charge in [0.1, 0.15) is 0 Å². The minimum atomic E-state index is 0.697.